The van der Waals surface area contributed by atoms with E-state index in [1.165, 1.54) is 0 Å². The van der Waals surface area contributed by atoms with Crippen molar-refractivity contribution in [3.8, 4) is 6.07 Å². The average Bonchev–Trinajstić information content (AvgIpc) is 2.14. The zero-order valence-electron chi connectivity index (χ0n) is 4.55. The van der Waals surface area contributed by atoms with Crippen molar-refractivity contribution in [2.24, 2.45) is 0 Å². The monoisotopic (exact) mass is 108 g/mol. The smallest absolute Gasteiger partial charge is 0.136 e. The van der Waals surface area contributed by atoms with Crippen LogP contribution in [0.3, 0.4) is 0 Å². The molecule has 0 aromatic rings. The average molecular weight is 108 g/mol. The van der Waals surface area contributed by atoms with Crippen molar-refractivity contribution in [2.75, 3.05) is 7.05 Å². The van der Waals surface area contributed by atoms with E-state index < -0.39 is 0 Å². The van der Waals surface area contributed by atoms with E-state index in [-0.39, 0.29) is 6.04 Å². The molecule has 1 atom stereocenters. The number of nitrogens with one attached hydrogen (secondary N) is 1. The SMILES string of the molecule is CN1N[C]=CC1C#N. The second-order valence-electron chi connectivity index (χ2n) is 1.61. The predicted octanol–water partition coefficient (Wildman–Crippen LogP) is -0.355. The van der Waals surface area contributed by atoms with Crippen LogP contribution in [0, 0.1) is 17.5 Å². The number of hydrogen-bond donors (Lipinski definition) is 1. The highest BCUT2D eigenvalue weighted by Crippen LogP contribution is 1.97. The van der Waals surface area contributed by atoms with Gasteiger partial charge < -0.3 is 5.43 Å². The summed E-state index contributed by atoms with van der Waals surface area (Å²) >= 11 is 0. The van der Waals surface area contributed by atoms with Crippen LogP contribution in [-0.4, -0.2) is 18.1 Å². The molecular weight excluding hydrogens is 102 g/mol. The molecule has 0 aromatic carbocycles. The molecular formula is C5H6N3. The topological polar surface area (TPSA) is 39.1 Å². The molecule has 1 unspecified atom stereocenters. The lowest BCUT2D eigenvalue weighted by Gasteiger charge is -2.10. The Balaban J connectivity index is 2.57. The van der Waals surface area contributed by atoms with Gasteiger partial charge in [-0.05, 0) is 6.08 Å². The molecule has 0 bridgehead atoms. The summed E-state index contributed by atoms with van der Waals surface area (Å²) in [5, 5.41) is 10.0. The van der Waals surface area contributed by atoms with Crippen LogP contribution in [0.4, 0.5) is 0 Å². The number of nitriles is 1. The lowest BCUT2D eigenvalue weighted by molar-refractivity contribution is 0.286. The van der Waals surface area contributed by atoms with Crippen molar-refractivity contribution in [1.82, 2.24) is 10.4 Å². The van der Waals surface area contributed by atoms with Gasteiger partial charge in [-0.1, -0.05) is 0 Å². The molecule has 0 saturated heterocycles. The van der Waals surface area contributed by atoms with Crippen molar-refractivity contribution in [2.45, 2.75) is 6.04 Å². The second-order valence-corrected chi connectivity index (χ2v) is 1.61. The second kappa shape index (κ2) is 1.85. The minimum Gasteiger partial charge on any atom is -0.316 e. The van der Waals surface area contributed by atoms with E-state index in [4.69, 9.17) is 5.26 Å². The lowest BCUT2D eigenvalue weighted by atomic mass is 10.3. The van der Waals surface area contributed by atoms with E-state index >= 15 is 0 Å². The van der Waals surface area contributed by atoms with Crippen molar-refractivity contribution < 1.29 is 0 Å². The molecule has 8 heavy (non-hydrogen) atoms. The fraction of sp³-hybridized carbons (Fsp3) is 0.400. The van der Waals surface area contributed by atoms with Gasteiger partial charge in [-0.3, -0.25) is 0 Å². The summed E-state index contributed by atoms with van der Waals surface area (Å²) in [5.41, 5.74) is 2.73. The molecule has 1 N–H and O–H groups in total. The van der Waals surface area contributed by atoms with Crippen LogP contribution >= 0.6 is 0 Å². The third-order valence-electron chi connectivity index (χ3n) is 1.03. The number of rotatable bonds is 0. The summed E-state index contributed by atoms with van der Waals surface area (Å²) in [6.45, 7) is 0. The predicted molar refractivity (Wildman–Crippen MR) is 28.1 cm³/mol. The van der Waals surface area contributed by atoms with Gasteiger partial charge in [0.1, 0.15) is 6.04 Å². The summed E-state index contributed by atoms with van der Waals surface area (Å²) in [5.74, 6) is 0. The maximum atomic E-state index is 8.33. The maximum absolute atomic E-state index is 8.33. The van der Waals surface area contributed by atoms with Gasteiger partial charge in [0.15, 0.2) is 0 Å². The summed E-state index contributed by atoms with van der Waals surface area (Å²) in [4.78, 5) is 0. The van der Waals surface area contributed by atoms with Crippen LogP contribution in [0.25, 0.3) is 0 Å². The van der Waals surface area contributed by atoms with Crippen molar-refractivity contribution in [3.05, 3.63) is 12.3 Å². The van der Waals surface area contributed by atoms with Crippen molar-refractivity contribution in [3.63, 3.8) is 0 Å². The van der Waals surface area contributed by atoms with Gasteiger partial charge in [0.05, 0.1) is 12.3 Å². The van der Waals surface area contributed by atoms with Gasteiger partial charge in [-0.25, -0.2) is 5.01 Å². The molecule has 0 aromatic heterocycles. The standard InChI is InChI=1S/C5H6N3/c1-8-5(4-6)2-3-7-8/h2,5,7H,1H3. The summed E-state index contributed by atoms with van der Waals surface area (Å²) in [6, 6.07) is 1.92. The largest absolute Gasteiger partial charge is 0.316 e. The quantitative estimate of drug-likeness (QED) is 0.461. The van der Waals surface area contributed by atoms with E-state index in [1.807, 2.05) is 0 Å². The molecule has 1 heterocycles. The molecule has 1 rings (SSSR count). The minimum absolute atomic E-state index is 0.144. The Morgan fingerprint density at radius 1 is 2.00 bits per heavy atom. The van der Waals surface area contributed by atoms with E-state index in [0.717, 1.165) is 0 Å². The van der Waals surface area contributed by atoms with Crippen LogP contribution in [0.1, 0.15) is 0 Å². The van der Waals surface area contributed by atoms with Gasteiger partial charge in [0.25, 0.3) is 0 Å². The Kier molecular flexibility index (Phi) is 1.18. The molecule has 1 aliphatic rings. The minimum atomic E-state index is -0.144. The maximum Gasteiger partial charge on any atom is 0.136 e. The van der Waals surface area contributed by atoms with Gasteiger partial charge in [0, 0.05) is 7.05 Å². The Labute approximate surface area is 48.2 Å². The highest BCUT2D eigenvalue weighted by Gasteiger charge is 2.12. The number of hydrogen-bond acceptors (Lipinski definition) is 3. The first-order valence-electron chi connectivity index (χ1n) is 2.31. The van der Waals surface area contributed by atoms with Crippen molar-refractivity contribution >= 4 is 0 Å². The number of hydrazine groups is 1. The van der Waals surface area contributed by atoms with Gasteiger partial charge in [0.2, 0.25) is 0 Å². The van der Waals surface area contributed by atoms with Crippen LogP contribution in [-0.2, 0) is 0 Å². The van der Waals surface area contributed by atoms with E-state index in [9.17, 15) is 0 Å². The van der Waals surface area contributed by atoms with Crippen LogP contribution in [0.15, 0.2) is 6.08 Å². The Bertz CT molecular complexity index is 144. The number of nitrogens with zero attached hydrogens (tertiary/aromatic N) is 2. The lowest BCUT2D eigenvalue weighted by Crippen LogP contribution is -2.32. The van der Waals surface area contributed by atoms with Gasteiger partial charge in [-0.15, -0.1) is 0 Å². The van der Waals surface area contributed by atoms with Crippen LogP contribution < -0.4 is 5.43 Å². The summed E-state index contributed by atoms with van der Waals surface area (Å²) in [6.07, 6.45) is 4.38. The molecule has 1 radical (unpaired) electrons. The zero-order chi connectivity index (χ0) is 5.98. The van der Waals surface area contributed by atoms with Crippen LogP contribution in [0.2, 0.25) is 0 Å². The molecule has 0 amide bonds. The first-order chi connectivity index (χ1) is 3.84. The molecule has 41 valence electrons. The molecule has 3 heteroatoms. The zero-order valence-corrected chi connectivity index (χ0v) is 4.55. The Morgan fingerprint density at radius 3 is 3.00 bits per heavy atom. The van der Waals surface area contributed by atoms with Gasteiger partial charge in [-0.2, -0.15) is 5.26 Å². The molecule has 0 aliphatic carbocycles. The third-order valence-corrected chi connectivity index (χ3v) is 1.03. The van der Waals surface area contributed by atoms with E-state index in [0.29, 0.717) is 0 Å². The first-order valence-corrected chi connectivity index (χ1v) is 2.31. The summed E-state index contributed by atoms with van der Waals surface area (Å²) < 4.78 is 0. The van der Waals surface area contributed by atoms with Gasteiger partial charge >= 0.3 is 0 Å². The summed E-state index contributed by atoms with van der Waals surface area (Å²) in [7, 11) is 1.80. The molecule has 0 spiro atoms. The van der Waals surface area contributed by atoms with Crippen molar-refractivity contribution in [1.29, 1.82) is 5.26 Å². The Morgan fingerprint density at radius 2 is 2.75 bits per heavy atom. The number of likely N-dealkylation sites (N-methyl/N-ethyl adjacent to an activating group) is 1. The molecule has 0 fully saturated rings. The molecule has 1 aliphatic heterocycles. The fourth-order valence-electron chi connectivity index (χ4n) is 0.523. The molecule has 3 nitrogen and oxygen atoms in total. The highest BCUT2D eigenvalue weighted by molar-refractivity contribution is 5.06. The van der Waals surface area contributed by atoms with E-state index in [1.54, 1.807) is 18.1 Å². The first kappa shape index (κ1) is 5.13. The highest BCUT2D eigenvalue weighted by atomic mass is 15.5. The van der Waals surface area contributed by atoms with E-state index in [2.05, 4.69) is 17.7 Å². The Hall–Kier alpha value is -1.01. The molecule has 0 saturated carbocycles. The van der Waals surface area contributed by atoms with Crippen LogP contribution in [0.5, 0.6) is 0 Å². The normalized spacial score (nSPS) is 27.2. The fourth-order valence-corrected chi connectivity index (χ4v) is 0.523. The third kappa shape index (κ3) is 0.658.